The normalized spacial score (nSPS) is 10.8. The van der Waals surface area contributed by atoms with Crippen molar-refractivity contribution in [3.8, 4) is 11.1 Å². The quantitative estimate of drug-likeness (QED) is 0.508. The van der Waals surface area contributed by atoms with E-state index in [1.165, 1.54) is 22.2 Å². The summed E-state index contributed by atoms with van der Waals surface area (Å²) in [5.74, 6) is -0.610. The Kier molecular flexibility index (Phi) is 5.64. The molecule has 0 unspecified atom stereocenters. The Morgan fingerprint density at radius 3 is 2.58 bits per heavy atom. The third kappa shape index (κ3) is 4.39. The zero-order chi connectivity index (χ0) is 22.0. The minimum Gasteiger partial charge on any atom is -0.308 e. The van der Waals surface area contributed by atoms with Gasteiger partial charge in [0.05, 0.1) is 11.7 Å². The van der Waals surface area contributed by atoms with Gasteiger partial charge in [-0.15, -0.1) is 11.3 Å². The Labute approximate surface area is 182 Å². The van der Waals surface area contributed by atoms with E-state index in [4.69, 9.17) is 0 Å². The number of hydrogen-bond acceptors (Lipinski definition) is 5. The second-order valence-corrected chi connectivity index (χ2v) is 8.03. The fourth-order valence-corrected chi connectivity index (χ4v) is 4.12. The molecular formula is C23H20N4O3S. The van der Waals surface area contributed by atoms with Crippen molar-refractivity contribution in [1.29, 1.82) is 0 Å². The second-order valence-electron chi connectivity index (χ2n) is 7.17. The number of nitrogens with one attached hydrogen (secondary N) is 2. The molecule has 2 aromatic carbocycles. The predicted octanol–water partition coefficient (Wildman–Crippen LogP) is 4.09. The fourth-order valence-electron chi connectivity index (χ4n) is 3.21. The van der Waals surface area contributed by atoms with Crippen molar-refractivity contribution in [2.45, 2.75) is 20.4 Å². The van der Waals surface area contributed by atoms with E-state index in [0.29, 0.717) is 15.9 Å². The van der Waals surface area contributed by atoms with Gasteiger partial charge in [0.1, 0.15) is 11.4 Å². The summed E-state index contributed by atoms with van der Waals surface area (Å²) >= 11 is 1.38. The van der Waals surface area contributed by atoms with E-state index in [1.54, 1.807) is 6.07 Å². The lowest BCUT2D eigenvalue weighted by molar-refractivity contribution is -0.120. The molecule has 0 spiro atoms. The standard InChI is InChI=1S/C23H20N4O3S/c1-14-8-9-17(10-15(14)2)25-23(30)26-19(28)11-27-13-24-21-20(22(27)29)18(12-31-21)16-6-4-3-5-7-16/h3-10,12-13H,11H2,1-2H3,(H2,25,26,28,30). The summed E-state index contributed by atoms with van der Waals surface area (Å²) in [5, 5.41) is 7.23. The molecule has 0 saturated carbocycles. The first kappa shape index (κ1) is 20.5. The Hall–Kier alpha value is -3.78. The molecule has 2 heterocycles. The van der Waals surface area contributed by atoms with Crippen LogP contribution >= 0.6 is 11.3 Å². The van der Waals surface area contributed by atoms with E-state index in [-0.39, 0.29) is 12.1 Å². The lowest BCUT2D eigenvalue weighted by atomic mass is 10.1. The Balaban J connectivity index is 1.51. The topological polar surface area (TPSA) is 93.1 Å². The van der Waals surface area contributed by atoms with Crippen molar-refractivity contribution in [2.75, 3.05) is 5.32 Å². The molecule has 0 bridgehead atoms. The average molecular weight is 433 g/mol. The largest absolute Gasteiger partial charge is 0.325 e. The van der Waals surface area contributed by atoms with Crippen molar-refractivity contribution < 1.29 is 9.59 Å². The number of urea groups is 1. The number of aromatic nitrogens is 2. The molecule has 2 aromatic heterocycles. The van der Waals surface area contributed by atoms with Gasteiger partial charge in [0.2, 0.25) is 5.91 Å². The fraction of sp³-hybridized carbons (Fsp3) is 0.130. The molecule has 0 fully saturated rings. The highest BCUT2D eigenvalue weighted by Crippen LogP contribution is 2.30. The number of nitrogens with zero attached hydrogens (tertiary/aromatic N) is 2. The number of carbonyl (C=O) groups excluding carboxylic acids is 2. The summed E-state index contributed by atoms with van der Waals surface area (Å²) in [6.07, 6.45) is 1.33. The highest BCUT2D eigenvalue weighted by Gasteiger charge is 2.15. The maximum absolute atomic E-state index is 13.0. The molecule has 8 heteroatoms. The van der Waals surface area contributed by atoms with Crippen LogP contribution in [0.15, 0.2) is 65.0 Å². The molecule has 0 atom stereocenters. The van der Waals surface area contributed by atoms with Gasteiger partial charge in [-0.3, -0.25) is 19.5 Å². The van der Waals surface area contributed by atoms with Gasteiger partial charge in [0, 0.05) is 16.6 Å². The van der Waals surface area contributed by atoms with Gasteiger partial charge in [-0.25, -0.2) is 9.78 Å². The third-order valence-electron chi connectivity index (χ3n) is 4.98. The van der Waals surface area contributed by atoms with Crippen LogP contribution in [0.25, 0.3) is 21.3 Å². The summed E-state index contributed by atoms with van der Waals surface area (Å²) in [6, 6.07) is 14.4. The van der Waals surface area contributed by atoms with Crippen LogP contribution in [0.5, 0.6) is 0 Å². The van der Waals surface area contributed by atoms with E-state index in [0.717, 1.165) is 22.3 Å². The third-order valence-corrected chi connectivity index (χ3v) is 5.86. The molecule has 3 amide bonds. The molecule has 0 aliphatic carbocycles. The summed E-state index contributed by atoms with van der Waals surface area (Å²) in [5.41, 5.74) is 4.07. The molecule has 156 valence electrons. The molecule has 31 heavy (non-hydrogen) atoms. The number of benzene rings is 2. The van der Waals surface area contributed by atoms with Crippen LogP contribution in [0, 0.1) is 13.8 Å². The van der Waals surface area contributed by atoms with Crippen LogP contribution in [-0.4, -0.2) is 21.5 Å². The maximum Gasteiger partial charge on any atom is 0.325 e. The highest BCUT2D eigenvalue weighted by molar-refractivity contribution is 7.17. The maximum atomic E-state index is 13.0. The van der Waals surface area contributed by atoms with Gasteiger partial charge < -0.3 is 5.32 Å². The van der Waals surface area contributed by atoms with Crippen molar-refractivity contribution in [3.63, 3.8) is 0 Å². The lowest BCUT2D eigenvalue weighted by Crippen LogP contribution is -2.38. The number of fused-ring (bicyclic) bond motifs is 1. The van der Waals surface area contributed by atoms with Gasteiger partial charge in [-0.1, -0.05) is 36.4 Å². The number of thiophene rings is 1. The van der Waals surface area contributed by atoms with E-state index in [1.807, 2.05) is 61.7 Å². The molecule has 0 aliphatic heterocycles. The Morgan fingerprint density at radius 2 is 1.84 bits per heavy atom. The monoisotopic (exact) mass is 432 g/mol. The molecular weight excluding hydrogens is 412 g/mol. The van der Waals surface area contributed by atoms with Gasteiger partial charge in [-0.05, 0) is 42.7 Å². The van der Waals surface area contributed by atoms with Gasteiger partial charge in [0.25, 0.3) is 5.56 Å². The van der Waals surface area contributed by atoms with E-state index < -0.39 is 11.9 Å². The van der Waals surface area contributed by atoms with Crippen molar-refractivity contribution >= 4 is 39.2 Å². The summed E-state index contributed by atoms with van der Waals surface area (Å²) < 4.78 is 1.21. The molecule has 0 saturated heterocycles. The van der Waals surface area contributed by atoms with Crippen LogP contribution in [0.2, 0.25) is 0 Å². The first-order chi connectivity index (χ1) is 14.9. The Morgan fingerprint density at radius 1 is 1.06 bits per heavy atom. The number of amides is 3. The number of anilines is 1. The number of imide groups is 1. The molecule has 4 aromatic rings. The minimum atomic E-state index is -0.657. The van der Waals surface area contributed by atoms with Crippen LogP contribution in [-0.2, 0) is 11.3 Å². The second kappa shape index (κ2) is 8.53. The average Bonchev–Trinajstić information content (AvgIpc) is 3.18. The first-order valence-corrected chi connectivity index (χ1v) is 10.5. The van der Waals surface area contributed by atoms with Crippen LogP contribution in [0.3, 0.4) is 0 Å². The Bertz CT molecular complexity index is 1340. The van der Waals surface area contributed by atoms with E-state index in [2.05, 4.69) is 15.6 Å². The lowest BCUT2D eigenvalue weighted by Gasteiger charge is -2.09. The van der Waals surface area contributed by atoms with E-state index >= 15 is 0 Å². The van der Waals surface area contributed by atoms with Crippen molar-refractivity contribution in [1.82, 2.24) is 14.9 Å². The molecule has 0 radical (unpaired) electrons. The van der Waals surface area contributed by atoms with Gasteiger partial charge in [-0.2, -0.15) is 0 Å². The van der Waals surface area contributed by atoms with Gasteiger partial charge in [0.15, 0.2) is 0 Å². The number of rotatable bonds is 4. The SMILES string of the molecule is Cc1ccc(NC(=O)NC(=O)Cn2cnc3scc(-c4ccccc4)c3c2=O)cc1C. The molecule has 7 nitrogen and oxygen atoms in total. The smallest absolute Gasteiger partial charge is 0.308 e. The van der Waals surface area contributed by atoms with Crippen LogP contribution < -0.4 is 16.2 Å². The highest BCUT2D eigenvalue weighted by atomic mass is 32.1. The number of hydrogen-bond donors (Lipinski definition) is 2. The van der Waals surface area contributed by atoms with Crippen molar-refractivity contribution in [3.05, 3.63) is 81.7 Å². The van der Waals surface area contributed by atoms with Gasteiger partial charge >= 0.3 is 6.03 Å². The number of carbonyl (C=O) groups is 2. The molecule has 0 aliphatic rings. The zero-order valence-electron chi connectivity index (χ0n) is 17.0. The number of aryl methyl sites for hydroxylation is 2. The predicted molar refractivity (Wildman–Crippen MR) is 122 cm³/mol. The van der Waals surface area contributed by atoms with Crippen LogP contribution in [0.1, 0.15) is 11.1 Å². The molecule has 4 rings (SSSR count). The molecule has 2 N–H and O–H groups in total. The minimum absolute atomic E-state index is 0.313. The summed E-state index contributed by atoms with van der Waals surface area (Å²) in [6.45, 7) is 3.60. The van der Waals surface area contributed by atoms with Crippen molar-refractivity contribution in [2.24, 2.45) is 0 Å². The van der Waals surface area contributed by atoms with Crippen LogP contribution in [0.4, 0.5) is 10.5 Å². The first-order valence-electron chi connectivity index (χ1n) is 9.62. The summed E-state index contributed by atoms with van der Waals surface area (Å²) in [7, 11) is 0. The zero-order valence-corrected chi connectivity index (χ0v) is 17.8. The van der Waals surface area contributed by atoms with E-state index in [9.17, 15) is 14.4 Å². The summed E-state index contributed by atoms with van der Waals surface area (Å²) in [4.78, 5) is 42.4.